The molecule has 1 aliphatic heterocycles. The number of sulfonamides is 1. The molecule has 1 aliphatic rings. The molecule has 2 heterocycles. The lowest BCUT2D eigenvalue weighted by atomic mass is 10.2. The highest BCUT2D eigenvalue weighted by molar-refractivity contribution is 9.10. The second-order valence-corrected chi connectivity index (χ2v) is 9.12. The summed E-state index contributed by atoms with van der Waals surface area (Å²) in [5.74, 6) is 0.880. The maximum absolute atomic E-state index is 13.2. The Morgan fingerprint density at radius 3 is 2.58 bits per heavy atom. The number of thiophene rings is 1. The first-order valence-electron chi connectivity index (χ1n) is 7.45. The molecule has 1 unspecified atom stereocenters. The second-order valence-electron chi connectivity index (χ2n) is 5.43. The van der Waals surface area contributed by atoms with Crippen LogP contribution in [0.3, 0.4) is 0 Å². The van der Waals surface area contributed by atoms with Gasteiger partial charge in [-0.2, -0.15) is 4.31 Å². The van der Waals surface area contributed by atoms with E-state index in [2.05, 4.69) is 15.9 Å². The van der Waals surface area contributed by atoms with E-state index in [1.165, 1.54) is 20.3 Å². The first-order valence-corrected chi connectivity index (χ1v) is 10.6. The summed E-state index contributed by atoms with van der Waals surface area (Å²) < 4.78 is 39.0. The largest absolute Gasteiger partial charge is 0.493 e. The van der Waals surface area contributed by atoms with Crippen molar-refractivity contribution >= 4 is 37.3 Å². The number of methoxy groups -OCH3 is 2. The predicted molar refractivity (Wildman–Crippen MR) is 97.4 cm³/mol. The summed E-state index contributed by atoms with van der Waals surface area (Å²) in [6, 6.07) is 6.99. The van der Waals surface area contributed by atoms with Gasteiger partial charge in [0.15, 0.2) is 11.5 Å². The summed E-state index contributed by atoms with van der Waals surface area (Å²) in [4.78, 5) is 1.27. The second kappa shape index (κ2) is 7.03. The fourth-order valence-corrected chi connectivity index (χ4v) is 6.57. The highest BCUT2D eigenvalue weighted by Crippen LogP contribution is 2.42. The van der Waals surface area contributed by atoms with E-state index < -0.39 is 10.0 Å². The fraction of sp³-hybridized carbons (Fsp3) is 0.375. The summed E-state index contributed by atoms with van der Waals surface area (Å²) in [6.07, 6.45) is 1.69. The smallest absolute Gasteiger partial charge is 0.244 e. The number of nitrogens with zero attached hydrogens (tertiary/aromatic N) is 1. The van der Waals surface area contributed by atoms with E-state index >= 15 is 0 Å². The molecule has 1 fully saturated rings. The Morgan fingerprint density at radius 2 is 1.96 bits per heavy atom. The SMILES string of the molecule is COc1cc(Br)c(S(=O)(=O)N2CCCC2c2cccs2)cc1OC. The first kappa shape index (κ1) is 17.7. The predicted octanol–water partition coefficient (Wildman–Crippen LogP) is 4.05. The van der Waals surface area contributed by atoms with Gasteiger partial charge >= 0.3 is 0 Å². The zero-order chi connectivity index (χ0) is 17.3. The van der Waals surface area contributed by atoms with Gasteiger partial charge in [-0.15, -0.1) is 11.3 Å². The van der Waals surface area contributed by atoms with Gasteiger partial charge in [0.05, 0.1) is 20.3 Å². The number of benzene rings is 1. The Kier molecular flexibility index (Phi) is 5.19. The number of rotatable bonds is 5. The van der Waals surface area contributed by atoms with Crippen molar-refractivity contribution in [1.82, 2.24) is 4.31 Å². The zero-order valence-electron chi connectivity index (χ0n) is 13.4. The first-order chi connectivity index (χ1) is 11.5. The molecule has 24 heavy (non-hydrogen) atoms. The Labute approximate surface area is 154 Å². The molecule has 0 N–H and O–H groups in total. The lowest BCUT2D eigenvalue weighted by Gasteiger charge is -2.24. The van der Waals surface area contributed by atoms with Gasteiger partial charge in [0.25, 0.3) is 0 Å². The van der Waals surface area contributed by atoms with E-state index in [0.29, 0.717) is 22.5 Å². The summed E-state index contributed by atoms with van der Waals surface area (Å²) >= 11 is 4.95. The average molecular weight is 432 g/mol. The maximum atomic E-state index is 13.2. The van der Waals surface area contributed by atoms with Crippen LogP contribution in [-0.4, -0.2) is 33.5 Å². The van der Waals surface area contributed by atoms with Crippen LogP contribution in [0.5, 0.6) is 11.5 Å². The van der Waals surface area contributed by atoms with Crippen molar-refractivity contribution in [3.8, 4) is 11.5 Å². The Morgan fingerprint density at radius 1 is 1.25 bits per heavy atom. The van der Waals surface area contributed by atoms with E-state index in [1.807, 2.05) is 17.5 Å². The lowest BCUT2D eigenvalue weighted by molar-refractivity contribution is 0.352. The third kappa shape index (κ3) is 3.08. The van der Waals surface area contributed by atoms with E-state index in [4.69, 9.17) is 9.47 Å². The van der Waals surface area contributed by atoms with Gasteiger partial charge in [0, 0.05) is 22.0 Å². The molecule has 0 amide bonds. The highest BCUT2D eigenvalue weighted by Gasteiger charge is 2.38. The molecule has 0 bridgehead atoms. The highest BCUT2D eigenvalue weighted by atomic mass is 79.9. The molecule has 8 heteroatoms. The van der Waals surface area contributed by atoms with Gasteiger partial charge in [-0.25, -0.2) is 8.42 Å². The molecular weight excluding hydrogens is 414 g/mol. The standard InChI is InChI=1S/C16H18BrNO4S2/c1-21-13-9-11(17)16(10-14(13)22-2)24(19,20)18-7-3-5-12(18)15-6-4-8-23-15/h4,6,8-10,12H,3,5,7H2,1-2H3. The summed E-state index contributed by atoms with van der Waals surface area (Å²) in [7, 11) is -0.632. The Balaban J connectivity index is 2.04. The lowest BCUT2D eigenvalue weighted by Crippen LogP contribution is -2.30. The monoisotopic (exact) mass is 431 g/mol. The van der Waals surface area contributed by atoms with Crippen molar-refractivity contribution in [3.05, 3.63) is 39.0 Å². The molecule has 3 rings (SSSR count). The third-order valence-electron chi connectivity index (χ3n) is 4.10. The van der Waals surface area contributed by atoms with Crippen molar-refractivity contribution in [2.75, 3.05) is 20.8 Å². The topological polar surface area (TPSA) is 55.8 Å². The van der Waals surface area contributed by atoms with Crippen LogP contribution >= 0.6 is 27.3 Å². The normalized spacial score (nSPS) is 18.7. The molecule has 0 saturated carbocycles. The van der Waals surface area contributed by atoms with E-state index in [9.17, 15) is 8.42 Å². The van der Waals surface area contributed by atoms with Crippen molar-refractivity contribution in [1.29, 1.82) is 0 Å². The number of hydrogen-bond acceptors (Lipinski definition) is 5. The Bertz CT molecular complexity index is 821. The third-order valence-corrected chi connectivity index (χ3v) is 7.94. The van der Waals surface area contributed by atoms with Crippen molar-refractivity contribution < 1.29 is 17.9 Å². The minimum absolute atomic E-state index is 0.102. The van der Waals surface area contributed by atoms with Gasteiger partial charge in [0.1, 0.15) is 4.90 Å². The van der Waals surface area contributed by atoms with Gasteiger partial charge in [-0.1, -0.05) is 6.07 Å². The van der Waals surface area contributed by atoms with Crippen LogP contribution in [-0.2, 0) is 10.0 Å². The maximum Gasteiger partial charge on any atom is 0.244 e. The Hall–Kier alpha value is -1.09. The molecule has 1 aromatic heterocycles. The molecule has 1 saturated heterocycles. The molecule has 0 aliphatic carbocycles. The van der Waals surface area contributed by atoms with Crippen LogP contribution < -0.4 is 9.47 Å². The molecule has 2 aromatic rings. The van der Waals surface area contributed by atoms with Crippen molar-refractivity contribution in [2.24, 2.45) is 0 Å². The number of halogens is 1. The summed E-state index contributed by atoms with van der Waals surface area (Å²) in [6.45, 7) is 0.520. The van der Waals surface area contributed by atoms with Gasteiger partial charge < -0.3 is 9.47 Å². The molecule has 0 spiro atoms. The van der Waals surface area contributed by atoms with E-state index in [1.54, 1.807) is 21.7 Å². The van der Waals surface area contributed by atoms with E-state index in [0.717, 1.165) is 17.7 Å². The van der Waals surface area contributed by atoms with Crippen molar-refractivity contribution in [2.45, 2.75) is 23.8 Å². The fourth-order valence-electron chi connectivity index (χ4n) is 2.95. The average Bonchev–Trinajstić information content (AvgIpc) is 3.24. The summed E-state index contributed by atoms with van der Waals surface area (Å²) in [5, 5.41) is 1.98. The quantitative estimate of drug-likeness (QED) is 0.716. The van der Waals surface area contributed by atoms with Crippen LogP contribution in [0.25, 0.3) is 0 Å². The number of ether oxygens (including phenoxy) is 2. The van der Waals surface area contributed by atoms with Crippen LogP contribution in [0.2, 0.25) is 0 Å². The van der Waals surface area contributed by atoms with Crippen LogP contribution in [0.1, 0.15) is 23.8 Å². The van der Waals surface area contributed by atoms with Crippen LogP contribution in [0.4, 0.5) is 0 Å². The molecule has 0 radical (unpaired) electrons. The van der Waals surface area contributed by atoms with Crippen LogP contribution in [0.15, 0.2) is 39.0 Å². The van der Waals surface area contributed by atoms with Crippen molar-refractivity contribution in [3.63, 3.8) is 0 Å². The molecular formula is C16H18BrNO4S2. The summed E-state index contributed by atoms with van der Waals surface area (Å²) in [5.41, 5.74) is 0. The van der Waals surface area contributed by atoms with Gasteiger partial charge in [0.2, 0.25) is 10.0 Å². The van der Waals surface area contributed by atoms with E-state index in [-0.39, 0.29) is 10.9 Å². The molecule has 130 valence electrons. The molecule has 5 nitrogen and oxygen atoms in total. The van der Waals surface area contributed by atoms with Crippen LogP contribution in [0, 0.1) is 0 Å². The molecule has 1 aromatic carbocycles. The number of hydrogen-bond donors (Lipinski definition) is 0. The minimum atomic E-state index is -3.64. The minimum Gasteiger partial charge on any atom is -0.493 e. The molecule has 1 atom stereocenters. The zero-order valence-corrected chi connectivity index (χ0v) is 16.6. The van der Waals surface area contributed by atoms with Gasteiger partial charge in [-0.05, 0) is 46.3 Å². The van der Waals surface area contributed by atoms with Gasteiger partial charge in [-0.3, -0.25) is 0 Å².